The van der Waals surface area contributed by atoms with Crippen molar-refractivity contribution in [2.45, 2.75) is 50.8 Å². The Hall–Kier alpha value is -1.11. The molecule has 1 aromatic carbocycles. The third kappa shape index (κ3) is 4.74. The topological polar surface area (TPSA) is 33.7 Å². The SMILES string of the molecule is COc1cc(CN2CCNCC23CCCCC3)ccc1OC(F)F.Cl. The van der Waals surface area contributed by atoms with Crippen LogP contribution >= 0.6 is 12.4 Å². The average Bonchev–Trinajstić information content (AvgIpc) is 2.59. The van der Waals surface area contributed by atoms with E-state index in [1.54, 1.807) is 6.07 Å². The van der Waals surface area contributed by atoms with Crippen molar-refractivity contribution in [3.8, 4) is 11.5 Å². The standard InChI is InChI=1S/C18H26F2N2O2.ClH/c1-23-16-11-14(5-6-15(16)24-17(19)20)12-22-10-9-21-13-18(22)7-3-2-4-8-18;/h5-6,11,17,21H,2-4,7-10,12-13H2,1H3;1H. The lowest BCUT2D eigenvalue weighted by atomic mass is 9.79. The van der Waals surface area contributed by atoms with E-state index in [2.05, 4.69) is 15.0 Å². The lowest BCUT2D eigenvalue weighted by Gasteiger charge is -2.50. The van der Waals surface area contributed by atoms with Gasteiger partial charge in [-0.05, 0) is 30.5 Å². The van der Waals surface area contributed by atoms with Crippen LogP contribution in [-0.4, -0.2) is 43.8 Å². The first-order chi connectivity index (χ1) is 11.6. The van der Waals surface area contributed by atoms with Crippen LogP contribution in [0.3, 0.4) is 0 Å². The Labute approximate surface area is 154 Å². The molecule has 0 radical (unpaired) electrons. The summed E-state index contributed by atoms with van der Waals surface area (Å²) in [6, 6.07) is 5.26. The molecule has 1 saturated carbocycles. The van der Waals surface area contributed by atoms with Crippen LogP contribution < -0.4 is 14.8 Å². The molecule has 1 N–H and O–H groups in total. The summed E-state index contributed by atoms with van der Waals surface area (Å²) >= 11 is 0. The van der Waals surface area contributed by atoms with Crippen molar-refractivity contribution < 1.29 is 18.3 Å². The highest BCUT2D eigenvalue weighted by Crippen LogP contribution is 2.36. The number of hydrogen-bond acceptors (Lipinski definition) is 4. The fraction of sp³-hybridized carbons (Fsp3) is 0.667. The molecule has 7 heteroatoms. The van der Waals surface area contributed by atoms with E-state index in [-0.39, 0.29) is 23.7 Å². The summed E-state index contributed by atoms with van der Waals surface area (Å²) in [6.45, 7) is 1.01. The number of hydrogen-bond donors (Lipinski definition) is 1. The van der Waals surface area contributed by atoms with E-state index in [0.717, 1.165) is 31.7 Å². The summed E-state index contributed by atoms with van der Waals surface area (Å²) in [5.41, 5.74) is 1.31. The molecule has 1 heterocycles. The predicted octanol–water partition coefficient (Wildman–Crippen LogP) is 3.83. The van der Waals surface area contributed by atoms with E-state index in [1.165, 1.54) is 39.2 Å². The maximum Gasteiger partial charge on any atom is 0.387 e. The smallest absolute Gasteiger partial charge is 0.387 e. The zero-order valence-corrected chi connectivity index (χ0v) is 15.4. The first kappa shape index (κ1) is 20.2. The number of alkyl halides is 2. The van der Waals surface area contributed by atoms with Crippen LogP contribution in [0, 0.1) is 0 Å². The largest absolute Gasteiger partial charge is 0.493 e. The fourth-order valence-electron chi connectivity index (χ4n) is 4.06. The van der Waals surface area contributed by atoms with E-state index in [1.807, 2.05) is 12.1 Å². The molecular formula is C18H27ClF2N2O2. The van der Waals surface area contributed by atoms with Crippen LogP contribution in [0.2, 0.25) is 0 Å². The Morgan fingerprint density at radius 3 is 2.64 bits per heavy atom. The van der Waals surface area contributed by atoms with Crippen LogP contribution in [0.25, 0.3) is 0 Å². The molecule has 0 unspecified atom stereocenters. The highest BCUT2D eigenvalue weighted by molar-refractivity contribution is 5.85. The molecule has 0 aromatic heterocycles. The van der Waals surface area contributed by atoms with Gasteiger partial charge in [0.25, 0.3) is 0 Å². The Kier molecular flexibility index (Phi) is 7.28. The molecular weight excluding hydrogens is 350 g/mol. The van der Waals surface area contributed by atoms with Crippen molar-refractivity contribution in [3.63, 3.8) is 0 Å². The Balaban J connectivity index is 0.00000225. The molecule has 1 spiro atoms. The summed E-state index contributed by atoms with van der Waals surface area (Å²) in [7, 11) is 1.48. The van der Waals surface area contributed by atoms with Gasteiger partial charge in [-0.25, -0.2) is 0 Å². The monoisotopic (exact) mass is 376 g/mol. The van der Waals surface area contributed by atoms with Gasteiger partial charge in [-0.3, -0.25) is 4.90 Å². The lowest BCUT2D eigenvalue weighted by Crippen LogP contribution is -2.61. The van der Waals surface area contributed by atoms with Gasteiger partial charge < -0.3 is 14.8 Å². The molecule has 0 amide bonds. The Morgan fingerprint density at radius 2 is 1.96 bits per heavy atom. The van der Waals surface area contributed by atoms with Crippen molar-refractivity contribution in [2.75, 3.05) is 26.7 Å². The second-order valence-electron chi connectivity index (χ2n) is 6.75. The number of piperazine rings is 1. The number of nitrogens with one attached hydrogen (secondary N) is 1. The highest BCUT2D eigenvalue weighted by Gasteiger charge is 2.39. The highest BCUT2D eigenvalue weighted by atomic mass is 35.5. The van der Waals surface area contributed by atoms with Gasteiger partial charge in [-0.2, -0.15) is 8.78 Å². The summed E-state index contributed by atoms with van der Waals surface area (Å²) in [4.78, 5) is 2.56. The summed E-state index contributed by atoms with van der Waals surface area (Å²) in [5, 5.41) is 3.54. The molecule has 0 atom stereocenters. The van der Waals surface area contributed by atoms with Gasteiger partial charge in [-0.1, -0.05) is 25.3 Å². The average molecular weight is 377 g/mol. The molecule has 1 aliphatic heterocycles. The molecule has 2 aliphatic rings. The Bertz CT molecular complexity index is 546. The van der Waals surface area contributed by atoms with Gasteiger partial charge >= 0.3 is 6.61 Å². The van der Waals surface area contributed by atoms with Crippen LogP contribution in [0.1, 0.15) is 37.7 Å². The maximum atomic E-state index is 12.5. The fourth-order valence-corrected chi connectivity index (χ4v) is 4.06. The Morgan fingerprint density at radius 1 is 1.20 bits per heavy atom. The van der Waals surface area contributed by atoms with E-state index >= 15 is 0 Å². The lowest BCUT2D eigenvalue weighted by molar-refractivity contribution is -0.0512. The molecule has 1 aliphatic carbocycles. The van der Waals surface area contributed by atoms with Crippen molar-refractivity contribution in [2.24, 2.45) is 0 Å². The van der Waals surface area contributed by atoms with Crippen LogP contribution in [-0.2, 0) is 6.54 Å². The number of ether oxygens (including phenoxy) is 2. The number of methoxy groups -OCH3 is 1. The van der Waals surface area contributed by atoms with Gasteiger partial charge in [0, 0.05) is 31.7 Å². The second-order valence-corrected chi connectivity index (χ2v) is 6.75. The quantitative estimate of drug-likeness (QED) is 0.846. The third-order valence-corrected chi connectivity index (χ3v) is 5.29. The minimum absolute atomic E-state index is 0. The van der Waals surface area contributed by atoms with E-state index in [9.17, 15) is 8.78 Å². The van der Waals surface area contributed by atoms with Crippen molar-refractivity contribution in [3.05, 3.63) is 23.8 Å². The van der Waals surface area contributed by atoms with E-state index in [4.69, 9.17) is 4.74 Å². The van der Waals surface area contributed by atoms with Gasteiger partial charge in [0.15, 0.2) is 11.5 Å². The van der Waals surface area contributed by atoms with Gasteiger partial charge in [0.1, 0.15) is 0 Å². The number of rotatable bonds is 5. The molecule has 142 valence electrons. The van der Waals surface area contributed by atoms with Gasteiger partial charge in [0.2, 0.25) is 0 Å². The van der Waals surface area contributed by atoms with Crippen LogP contribution in [0.5, 0.6) is 11.5 Å². The first-order valence-corrected chi connectivity index (χ1v) is 8.70. The molecule has 4 nitrogen and oxygen atoms in total. The molecule has 1 aromatic rings. The predicted molar refractivity (Wildman–Crippen MR) is 96.0 cm³/mol. The van der Waals surface area contributed by atoms with Crippen LogP contribution in [0.4, 0.5) is 8.78 Å². The molecule has 2 fully saturated rings. The number of nitrogens with zero attached hydrogens (tertiary/aromatic N) is 1. The summed E-state index contributed by atoms with van der Waals surface area (Å²) in [6.07, 6.45) is 6.34. The normalized spacial score (nSPS) is 20.3. The minimum Gasteiger partial charge on any atom is -0.493 e. The summed E-state index contributed by atoms with van der Waals surface area (Å²) in [5.74, 6) is 0.449. The van der Waals surface area contributed by atoms with Crippen molar-refractivity contribution in [1.82, 2.24) is 10.2 Å². The van der Waals surface area contributed by atoms with Crippen LogP contribution in [0.15, 0.2) is 18.2 Å². The summed E-state index contributed by atoms with van der Waals surface area (Å²) < 4.78 is 34.6. The van der Waals surface area contributed by atoms with E-state index < -0.39 is 6.61 Å². The minimum atomic E-state index is -2.84. The number of benzene rings is 1. The molecule has 3 rings (SSSR count). The van der Waals surface area contributed by atoms with Gasteiger partial charge in [0.05, 0.1) is 7.11 Å². The first-order valence-electron chi connectivity index (χ1n) is 8.70. The van der Waals surface area contributed by atoms with Gasteiger partial charge in [-0.15, -0.1) is 12.4 Å². The zero-order valence-electron chi connectivity index (χ0n) is 14.6. The molecule has 1 saturated heterocycles. The second kappa shape index (κ2) is 9.01. The van der Waals surface area contributed by atoms with Crippen molar-refractivity contribution >= 4 is 12.4 Å². The zero-order chi connectivity index (χ0) is 17.0. The van der Waals surface area contributed by atoms with E-state index in [0.29, 0.717) is 5.75 Å². The third-order valence-electron chi connectivity index (χ3n) is 5.29. The number of halogens is 3. The molecule has 25 heavy (non-hydrogen) atoms. The molecule has 0 bridgehead atoms. The maximum absolute atomic E-state index is 12.5. The van der Waals surface area contributed by atoms with Crippen molar-refractivity contribution in [1.29, 1.82) is 0 Å².